The van der Waals surface area contributed by atoms with E-state index in [9.17, 15) is 4.79 Å². The molecule has 3 aromatic rings. The Morgan fingerprint density at radius 3 is 2.42 bits per heavy atom. The van der Waals surface area contributed by atoms with Gasteiger partial charge in [0, 0.05) is 30.6 Å². The largest absolute Gasteiger partial charge is 0.311 e. The lowest BCUT2D eigenvalue weighted by Crippen LogP contribution is -2.43. The highest BCUT2D eigenvalue weighted by molar-refractivity contribution is 5.90. The van der Waals surface area contributed by atoms with E-state index in [0.717, 1.165) is 30.8 Å². The smallest absolute Gasteiger partial charge is 0.267 e. The molecule has 1 aliphatic carbocycles. The van der Waals surface area contributed by atoms with Crippen molar-refractivity contribution in [2.45, 2.75) is 50.4 Å². The Bertz CT molecular complexity index is 1140. The SMILES string of the molecule is O=C(/C=C/c1cccc(CN2CCC(N[C@@H]3C[C@H]3c3ccccc3)CC2)c1)NOCc1ccccc1. The lowest BCUT2D eigenvalue weighted by Gasteiger charge is -2.32. The van der Waals surface area contributed by atoms with Crippen LogP contribution in [0.1, 0.15) is 47.4 Å². The first-order valence-corrected chi connectivity index (χ1v) is 13.0. The first kappa shape index (κ1) is 24.4. The number of nitrogens with one attached hydrogen (secondary N) is 2. The van der Waals surface area contributed by atoms with Crippen molar-refractivity contribution in [3.05, 3.63) is 113 Å². The lowest BCUT2D eigenvalue weighted by atomic mass is 10.0. The van der Waals surface area contributed by atoms with Crippen LogP contribution < -0.4 is 10.8 Å². The number of hydroxylamine groups is 1. The van der Waals surface area contributed by atoms with E-state index in [1.165, 1.54) is 36.5 Å². The summed E-state index contributed by atoms with van der Waals surface area (Å²) in [5.74, 6) is 0.425. The number of carbonyl (C=O) groups is 1. The minimum atomic E-state index is -0.268. The third kappa shape index (κ3) is 7.14. The van der Waals surface area contributed by atoms with Gasteiger partial charge in [0.2, 0.25) is 0 Å². The van der Waals surface area contributed by atoms with Crippen LogP contribution in [0.3, 0.4) is 0 Å². The number of amides is 1. The van der Waals surface area contributed by atoms with Crippen molar-refractivity contribution in [1.82, 2.24) is 15.7 Å². The van der Waals surface area contributed by atoms with Gasteiger partial charge in [-0.25, -0.2) is 5.48 Å². The molecule has 0 spiro atoms. The molecule has 2 N–H and O–H groups in total. The van der Waals surface area contributed by atoms with E-state index in [1.54, 1.807) is 0 Å². The minimum absolute atomic E-state index is 0.268. The zero-order valence-corrected chi connectivity index (χ0v) is 20.7. The first-order chi connectivity index (χ1) is 17.7. The molecule has 1 saturated heterocycles. The molecule has 186 valence electrons. The van der Waals surface area contributed by atoms with Crippen molar-refractivity contribution in [2.24, 2.45) is 0 Å². The fourth-order valence-corrected chi connectivity index (χ4v) is 5.03. The van der Waals surface area contributed by atoms with Crippen LogP contribution in [-0.2, 0) is 22.8 Å². The van der Waals surface area contributed by atoms with E-state index < -0.39 is 0 Å². The quantitative estimate of drug-likeness (QED) is 0.314. The van der Waals surface area contributed by atoms with Crippen molar-refractivity contribution in [3.8, 4) is 0 Å². The van der Waals surface area contributed by atoms with Crippen molar-refractivity contribution in [2.75, 3.05) is 13.1 Å². The lowest BCUT2D eigenvalue weighted by molar-refractivity contribution is -0.129. The van der Waals surface area contributed by atoms with Gasteiger partial charge in [0.05, 0.1) is 6.61 Å². The third-order valence-corrected chi connectivity index (χ3v) is 7.09. The summed E-state index contributed by atoms with van der Waals surface area (Å²) in [6.07, 6.45) is 7.00. The average molecular weight is 482 g/mol. The molecular weight excluding hydrogens is 446 g/mol. The zero-order chi connectivity index (χ0) is 24.6. The Morgan fingerprint density at radius 2 is 1.64 bits per heavy atom. The summed E-state index contributed by atoms with van der Waals surface area (Å²) in [5, 5.41) is 3.90. The molecule has 0 radical (unpaired) electrons. The molecule has 5 heteroatoms. The summed E-state index contributed by atoms with van der Waals surface area (Å²) in [4.78, 5) is 19.9. The molecule has 2 aliphatic rings. The number of nitrogens with zero attached hydrogens (tertiary/aromatic N) is 1. The van der Waals surface area contributed by atoms with E-state index in [0.29, 0.717) is 24.6 Å². The van der Waals surface area contributed by atoms with Gasteiger partial charge in [-0.1, -0.05) is 84.9 Å². The van der Waals surface area contributed by atoms with Crippen molar-refractivity contribution >= 4 is 12.0 Å². The molecule has 1 heterocycles. The van der Waals surface area contributed by atoms with Crippen LogP contribution in [0.25, 0.3) is 6.08 Å². The van der Waals surface area contributed by atoms with E-state index in [-0.39, 0.29) is 5.91 Å². The topological polar surface area (TPSA) is 53.6 Å². The molecule has 1 saturated carbocycles. The number of carbonyl (C=O) groups excluding carboxylic acids is 1. The van der Waals surface area contributed by atoms with Crippen LogP contribution in [0.5, 0.6) is 0 Å². The normalized spacial score (nSPS) is 20.4. The number of piperidine rings is 1. The first-order valence-electron chi connectivity index (χ1n) is 13.0. The third-order valence-electron chi connectivity index (χ3n) is 7.09. The van der Waals surface area contributed by atoms with Gasteiger partial charge in [-0.2, -0.15) is 0 Å². The summed E-state index contributed by atoms with van der Waals surface area (Å²) >= 11 is 0. The Hall–Kier alpha value is -3.25. The van der Waals surface area contributed by atoms with Gasteiger partial charge in [-0.05, 0) is 60.7 Å². The minimum Gasteiger partial charge on any atom is -0.311 e. The van der Waals surface area contributed by atoms with Crippen molar-refractivity contribution < 1.29 is 9.63 Å². The monoisotopic (exact) mass is 481 g/mol. The molecule has 5 rings (SSSR count). The second-order valence-corrected chi connectivity index (χ2v) is 9.90. The van der Waals surface area contributed by atoms with Crippen LogP contribution in [0.2, 0.25) is 0 Å². The fourth-order valence-electron chi connectivity index (χ4n) is 5.03. The molecule has 2 atom stereocenters. The van der Waals surface area contributed by atoms with Gasteiger partial charge in [0.1, 0.15) is 0 Å². The van der Waals surface area contributed by atoms with Crippen LogP contribution >= 0.6 is 0 Å². The second kappa shape index (κ2) is 12.1. The van der Waals surface area contributed by atoms with E-state index in [1.807, 2.05) is 42.5 Å². The van der Waals surface area contributed by atoms with E-state index >= 15 is 0 Å². The maximum atomic E-state index is 12.1. The maximum absolute atomic E-state index is 12.1. The van der Waals surface area contributed by atoms with Crippen molar-refractivity contribution in [1.29, 1.82) is 0 Å². The van der Waals surface area contributed by atoms with Gasteiger partial charge >= 0.3 is 0 Å². The Morgan fingerprint density at radius 1 is 0.917 bits per heavy atom. The Labute approximate surface area is 214 Å². The van der Waals surface area contributed by atoms with Gasteiger partial charge in [0.15, 0.2) is 0 Å². The molecule has 0 unspecified atom stereocenters. The highest BCUT2D eigenvalue weighted by atomic mass is 16.6. The second-order valence-electron chi connectivity index (χ2n) is 9.90. The maximum Gasteiger partial charge on any atom is 0.267 e. The number of hydrogen-bond acceptors (Lipinski definition) is 4. The molecule has 3 aromatic carbocycles. The van der Waals surface area contributed by atoms with Crippen molar-refractivity contribution in [3.63, 3.8) is 0 Å². The molecule has 0 bridgehead atoms. The molecule has 1 aliphatic heterocycles. The number of rotatable bonds is 10. The molecule has 1 amide bonds. The highest BCUT2D eigenvalue weighted by Crippen LogP contribution is 2.41. The standard InChI is InChI=1S/C31H35N3O2/c35-31(33-36-23-25-8-3-1-4-9-25)15-14-24-10-7-11-26(20-24)22-34-18-16-28(17-19-34)32-30-21-29(30)27-12-5-2-6-13-27/h1-15,20,28-30,32H,16-19,21-23H2,(H,33,35)/b15-14+/t29-,30+/m0/s1. The van der Waals surface area contributed by atoms with E-state index in [2.05, 4.69) is 64.2 Å². The van der Waals surface area contributed by atoms with Crippen LogP contribution in [0.15, 0.2) is 91.0 Å². The molecule has 5 nitrogen and oxygen atoms in total. The van der Waals surface area contributed by atoms with Gasteiger partial charge in [-0.15, -0.1) is 0 Å². The number of likely N-dealkylation sites (tertiary alicyclic amines) is 1. The van der Waals surface area contributed by atoms with Crippen LogP contribution in [0.4, 0.5) is 0 Å². The zero-order valence-electron chi connectivity index (χ0n) is 20.7. The molecule has 2 fully saturated rings. The highest BCUT2D eigenvalue weighted by Gasteiger charge is 2.39. The molecular formula is C31H35N3O2. The molecule has 36 heavy (non-hydrogen) atoms. The Balaban J connectivity index is 1.02. The van der Waals surface area contributed by atoms with Gasteiger partial charge < -0.3 is 5.32 Å². The predicted molar refractivity (Wildman–Crippen MR) is 144 cm³/mol. The number of hydrogen-bond donors (Lipinski definition) is 2. The number of benzene rings is 3. The summed E-state index contributed by atoms with van der Waals surface area (Å²) < 4.78 is 0. The van der Waals surface area contributed by atoms with Gasteiger partial charge in [0.25, 0.3) is 5.91 Å². The summed E-state index contributed by atoms with van der Waals surface area (Å²) in [5.41, 5.74) is 7.25. The predicted octanol–water partition coefficient (Wildman–Crippen LogP) is 5.06. The average Bonchev–Trinajstić information content (AvgIpc) is 3.69. The van der Waals surface area contributed by atoms with E-state index in [4.69, 9.17) is 4.84 Å². The van der Waals surface area contributed by atoms with Crippen LogP contribution in [0, 0.1) is 0 Å². The summed E-state index contributed by atoms with van der Waals surface area (Å²) in [7, 11) is 0. The molecule has 0 aromatic heterocycles. The summed E-state index contributed by atoms with van der Waals surface area (Å²) in [6.45, 7) is 3.51. The van der Waals surface area contributed by atoms with Gasteiger partial charge in [-0.3, -0.25) is 14.5 Å². The Kier molecular flexibility index (Phi) is 8.24. The fraction of sp³-hybridized carbons (Fsp3) is 0.323. The summed E-state index contributed by atoms with van der Waals surface area (Å²) in [6, 6.07) is 30.3. The van der Waals surface area contributed by atoms with Crippen LogP contribution in [-0.4, -0.2) is 36.0 Å².